The van der Waals surface area contributed by atoms with E-state index in [1.54, 1.807) is 17.6 Å². The number of aromatic nitrogens is 2. The maximum atomic E-state index is 12.8. The molecule has 0 saturated heterocycles. The van der Waals surface area contributed by atoms with Crippen LogP contribution in [0.4, 0.5) is 0 Å². The predicted molar refractivity (Wildman–Crippen MR) is 163 cm³/mol. The number of aryl methyl sites for hydroxylation is 2. The third-order valence-corrected chi connectivity index (χ3v) is 7.01. The molecule has 6 heteroatoms. The molecule has 0 saturated carbocycles. The van der Waals surface area contributed by atoms with E-state index >= 15 is 0 Å². The predicted octanol–water partition coefficient (Wildman–Crippen LogP) is 7.09. The van der Waals surface area contributed by atoms with Crippen molar-refractivity contribution in [3.63, 3.8) is 0 Å². The van der Waals surface area contributed by atoms with E-state index in [1.807, 2.05) is 54.9 Å². The Morgan fingerprint density at radius 2 is 1.66 bits per heavy atom. The molecule has 5 aromatic rings. The number of nitrogens with zero attached hydrogens (tertiary/aromatic N) is 2. The van der Waals surface area contributed by atoms with Gasteiger partial charge in [0.25, 0.3) is 5.56 Å². The SMILES string of the molecule is CCOC(=O)CCCOc1cccc(CCCn2cc(-c3ccccc3-c3cccc4cccnc34)ccc2=O)c1. The summed E-state index contributed by atoms with van der Waals surface area (Å²) in [5.41, 5.74) is 6.29. The van der Waals surface area contributed by atoms with Gasteiger partial charge >= 0.3 is 5.97 Å². The highest BCUT2D eigenvalue weighted by atomic mass is 16.5. The summed E-state index contributed by atoms with van der Waals surface area (Å²) in [5, 5.41) is 1.09. The Kier molecular flexibility index (Phi) is 9.22. The van der Waals surface area contributed by atoms with Crippen molar-refractivity contribution in [1.29, 1.82) is 0 Å². The first kappa shape index (κ1) is 27.8. The number of para-hydroxylation sites is 1. The van der Waals surface area contributed by atoms with Crippen molar-refractivity contribution >= 4 is 16.9 Å². The Balaban J connectivity index is 1.26. The molecule has 0 amide bonds. The van der Waals surface area contributed by atoms with Gasteiger partial charge in [-0.05, 0) is 72.7 Å². The van der Waals surface area contributed by atoms with Crippen LogP contribution in [0, 0.1) is 0 Å². The Hall–Kier alpha value is -4.71. The molecule has 0 fully saturated rings. The van der Waals surface area contributed by atoms with Gasteiger partial charge < -0.3 is 14.0 Å². The number of ether oxygens (including phenoxy) is 2. The summed E-state index contributed by atoms with van der Waals surface area (Å²) in [7, 11) is 0. The number of pyridine rings is 2. The Morgan fingerprint density at radius 3 is 2.54 bits per heavy atom. The minimum atomic E-state index is -0.196. The van der Waals surface area contributed by atoms with Crippen LogP contribution in [-0.2, 0) is 22.5 Å². The van der Waals surface area contributed by atoms with Crippen molar-refractivity contribution in [2.45, 2.75) is 39.2 Å². The van der Waals surface area contributed by atoms with Crippen LogP contribution in [0.2, 0.25) is 0 Å². The van der Waals surface area contributed by atoms with Crippen LogP contribution in [0.3, 0.4) is 0 Å². The van der Waals surface area contributed by atoms with E-state index in [4.69, 9.17) is 9.47 Å². The minimum Gasteiger partial charge on any atom is -0.494 e. The van der Waals surface area contributed by atoms with Crippen LogP contribution in [0.5, 0.6) is 5.75 Å². The molecule has 0 N–H and O–H groups in total. The van der Waals surface area contributed by atoms with E-state index in [1.165, 1.54) is 0 Å². The standard InChI is InChI=1S/C35H34N2O4/c1-2-40-34(39)18-9-23-41-29-14-5-10-26(24-29)11-8-22-37-25-28(19-20-33(37)38)30-15-3-4-16-31(30)32-17-6-12-27-13-7-21-36-35(27)32/h3-7,10,12-17,19-21,24-25H,2,8-9,11,18,22-23H2,1H3. The first-order chi connectivity index (χ1) is 20.1. The molecule has 0 unspecified atom stereocenters. The van der Waals surface area contributed by atoms with Crippen LogP contribution >= 0.6 is 0 Å². The molecule has 0 radical (unpaired) electrons. The molecule has 0 aliphatic carbocycles. The lowest BCUT2D eigenvalue weighted by atomic mass is 9.94. The van der Waals surface area contributed by atoms with E-state index < -0.39 is 0 Å². The zero-order valence-electron chi connectivity index (χ0n) is 23.3. The van der Waals surface area contributed by atoms with Gasteiger partial charge in [0.05, 0.1) is 18.7 Å². The fraction of sp³-hybridized carbons (Fsp3) is 0.229. The summed E-state index contributed by atoms with van der Waals surface area (Å²) in [6.07, 6.45) is 6.37. The molecular formula is C35H34N2O4. The third kappa shape index (κ3) is 7.09. The van der Waals surface area contributed by atoms with Gasteiger partial charge in [-0.3, -0.25) is 14.6 Å². The molecule has 0 atom stereocenters. The Bertz CT molecular complexity index is 1690. The quantitative estimate of drug-likeness (QED) is 0.123. The molecule has 2 heterocycles. The highest BCUT2D eigenvalue weighted by Gasteiger charge is 2.12. The van der Waals surface area contributed by atoms with Gasteiger partial charge in [0.2, 0.25) is 0 Å². The van der Waals surface area contributed by atoms with E-state index in [-0.39, 0.29) is 11.5 Å². The normalized spacial score (nSPS) is 11.0. The number of esters is 1. The summed E-state index contributed by atoms with van der Waals surface area (Å²) in [6, 6.07) is 30.1. The summed E-state index contributed by atoms with van der Waals surface area (Å²) in [4.78, 5) is 28.9. The van der Waals surface area contributed by atoms with Crippen LogP contribution < -0.4 is 10.3 Å². The maximum absolute atomic E-state index is 12.8. The largest absolute Gasteiger partial charge is 0.494 e. The average Bonchev–Trinajstić information content (AvgIpc) is 3.00. The van der Waals surface area contributed by atoms with Crippen molar-refractivity contribution in [3.8, 4) is 28.0 Å². The second-order valence-corrected chi connectivity index (χ2v) is 9.88. The second kappa shape index (κ2) is 13.6. The molecule has 3 aromatic carbocycles. The number of carbonyl (C=O) groups is 1. The van der Waals surface area contributed by atoms with Gasteiger partial charge in [0.1, 0.15) is 5.75 Å². The first-order valence-electron chi connectivity index (χ1n) is 14.1. The molecular weight excluding hydrogens is 512 g/mol. The van der Waals surface area contributed by atoms with Crippen LogP contribution in [-0.4, -0.2) is 28.7 Å². The first-order valence-corrected chi connectivity index (χ1v) is 14.1. The summed E-state index contributed by atoms with van der Waals surface area (Å²) < 4.78 is 12.6. The zero-order chi connectivity index (χ0) is 28.4. The summed E-state index contributed by atoms with van der Waals surface area (Å²) >= 11 is 0. The number of hydrogen-bond acceptors (Lipinski definition) is 5. The molecule has 208 valence electrons. The molecule has 0 aliphatic rings. The van der Waals surface area contributed by atoms with E-state index in [0.717, 1.165) is 57.3 Å². The molecule has 41 heavy (non-hydrogen) atoms. The monoisotopic (exact) mass is 546 g/mol. The van der Waals surface area contributed by atoms with Crippen molar-refractivity contribution < 1.29 is 14.3 Å². The van der Waals surface area contributed by atoms with Crippen LogP contribution in [0.15, 0.2) is 108 Å². The molecule has 5 rings (SSSR count). The molecule has 0 aliphatic heterocycles. The minimum absolute atomic E-state index is 0.0169. The summed E-state index contributed by atoms with van der Waals surface area (Å²) in [6.45, 7) is 3.27. The highest BCUT2D eigenvalue weighted by molar-refractivity contribution is 5.97. The molecule has 0 bridgehead atoms. The lowest BCUT2D eigenvalue weighted by Gasteiger charge is -2.14. The average molecular weight is 547 g/mol. The van der Waals surface area contributed by atoms with E-state index in [0.29, 0.717) is 32.6 Å². The number of rotatable bonds is 12. The molecule has 6 nitrogen and oxygen atoms in total. The lowest BCUT2D eigenvalue weighted by molar-refractivity contribution is -0.143. The topological polar surface area (TPSA) is 70.4 Å². The second-order valence-electron chi connectivity index (χ2n) is 9.88. The Morgan fingerprint density at radius 1 is 0.854 bits per heavy atom. The fourth-order valence-corrected chi connectivity index (χ4v) is 5.04. The van der Waals surface area contributed by atoms with Crippen LogP contribution in [0.1, 0.15) is 31.7 Å². The smallest absolute Gasteiger partial charge is 0.305 e. The third-order valence-electron chi connectivity index (χ3n) is 7.01. The molecule has 2 aromatic heterocycles. The zero-order valence-corrected chi connectivity index (χ0v) is 23.3. The van der Waals surface area contributed by atoms with Crippen molar-refractivity contribution in [2.75, 3.05) is 13.2 Å². The number of benzene rings is 3. The van der Waals surface area contributed by atoms with Gasteiger partial charge in [0.15, 0.2) is 0 Å². The lowest BCUT2D eigenvalue weighted by Crippen LogP contribution is -2.19. The van der Waals surface area contributed by atoms with Crippen LogP contribution in [0.25, 0.3) is 33.2 Å². The molecule has 0 spiro atoms. The number of hydrogen-bond donors (Lipinski definition) is 0. The van der Waals surface area contributed by atoms with Crippen molar-refractivity contribution in [1.82, 2.24) is 9.55 Å². The van der Waals surface area contributed by atoms with Crippen molar-refractivity contribution in [2.24, 2.45) is 0 Å². The Labute approximate surface area is 240 Å². The summed E-state index contributed by atoms with van der Waals surface area (Å²) in [5.74, 6) is 0.586. The fourth-order valence-electron chi connectivity index (χ4n) is 5.04. The van der Waals surface area contributed by atoms with Gasteiger partial charge in [-0.15, -0.1) is 0 Å². The maximum Gasteiger partial charge on any atom is 0.305 e. The van der Waals surface area contributed by atoms with E-state index in [9.17, 15) is 9.59 Å². The van der Waals surface area contributed by atoms with Gasteiger partial charge in [-0.1, -0.05) is 60.7 Å². The number of carbonyl (C=O) groups excluding carboxylic acids is 1. The van der Waals surface area contributed by atoms with Gasteiger partial charge in [0, 0.05) is 42.4 Å². The van der Waals surface area contributed by atoms with E-state index in [2.05, 4.69) is 47.4 Å². The number of fused-ring (bicyclic) bond motifs is 1. The van der Waals surface area contributed by atoms with Crippen molar-refractivity contribution in [3.05, 3.63) is 119 Å². The van der Waals surface area contributed by atoms with Gasteiger partial charge in [-0.25, -0.2) is 0 Å². The highest BCUT2D eigenvalue weighted by Crippen LogP contribution is 2.35. The van der Waals surface area contributed by atoms with Gasteiger partial charge in [-0.2, -0.15) is 0 Å².